The lowest BCUT2D eigenvalue weighted by atomic mass is 10.2. The Bertz CT molecular complexity index is 747. The molecule has 1 amide bonds. The van der Waals surface area contributed by atoms with Gasteiger partial charge in [-0.2, -0.15) is 0 Å². The van der Waals surface area contributed by atoms with Crippen molar-refractivity contribution in [2.24, 2.45) is 0 Å². The fourth-order valence-corrected chi connectivity index (χ4v) is 2.84. The molecule has 0 unspecified atom stereocenters. The fourth-order valence-electron chi connectivity index (χ4n) is 2.84. The number of aryl methyl sites for hydroxylation is 1. The Hall–Kier alpha value is -2.51. The second kappa shape index (κ2) is 8.25. The molecular formula is C19H22FN3O3. The summed E-state index contributed by atoms with van der Waals surface area (Å²) in [5.41, 5.74) is 1.70. The molecule has 1 atom stereocenters. The lowest BCUT2D eigenvalue weighted by molar-refractivity contribution is -0.138. The van der Waals surface area contributed by atoms with Crippen molar-refractivity contribution >= 4 is 5.91 Å². The average molecular weight is 359 g/mol. The van der Waals surface area contributed by atoms with Crippen LogP contribution in [0.2, 0.25) is 0 Å². The Kier molecular flexibility index (Phi) is 5.80. The average Bonchev–Trinajstić information content (AvgIpc) is 2.66. The van der Waals surface area contributed by atoms with Crippen molar-refractivity contribution < 1.29 is 18.7 Å². The first-order valence-electron chi connectivity index (χ1n) is 8.50. The van der Waals surface area contributed by atoms with Gasteiger partial charge in [-0.3, -0.25) is 9.69 Å². The molecule has 0 aliphatic carbocycles. The van der Waals surface area contributed by atoms with Crippen molar-refractivity contribution in [3.8, 4) is 11.6 Å². The number of carbonyl (C=O) groups is 1. The van der Waals surface area contributed by atoms with Gasteiger partial charge in [-0.05, 0) is 24.1 Å². The topological polar surface area (TPSA) is 63.7 Å². The molecule has 3 rings (SSSR count). The van der Waals surface area contributed by atoms with E-state index < -0.39 is 11.9 Å². The van der Waals surface area contributed by atoms with E-state index in [9.17, 15) is 9.18 Å². The first kappa shape index (κ1) is 18.3. The zero-order valence-electron chi connectivity index (χ0n) is 14.9. The molecule has 1 aliphatic heterocycles. The smallest absolute Gasteiger partial charge is 0.250 e. The molecule has 1 aliphatic rings. The Morgan fingerprint density at radius 1 is 1.42 bits per heavy atom. The third-order valence-corrected chi connectivity index (χ3v) is 4.26. The van der Waals surface area contributed by atoms with Crippen LogP contribution in [0.4, 0.5) is 4.39 Å². The minimum absolute atomic E-state index is 0.114. The second-order valence-electron chi connectivity index (χ2n) is 6.20. The van der Waals surface area contributed by atoms with E-state index >= 15 is 0 Å². The maximum atomic E-state index is 13.9. The molecular weight excluding hydrogens is 337 g/mol. The maximum absolute atomic E-state index is 13.9. The number of ether oxygens (including phenoxy) is 2. The van der Waals surface area contributed by atoms with E-state index in [1.165, 1.54) is 6.07 Å². The predicted molar refractivity (Wildman–Crippen MR) is 94.5 cm³/mol. The number of carbonyl (C=O) groups excluding carboxylic acids is 1. The summed E-state index contributed by atoms with van der Waals surface area (Å²) in [5.74, 6) is 0.00257. The molecule has 0 spiro atoms. The van der Waals surface area contributed by atoms with E-state index in [2.05, 4.69) is 15.2 Å². The van der Waals surface area contributed by atoms with Gasteiger partial charge in [0.05, 0.1) is 6.61 Å². The number of pyridine rings is 1. The number of aromatic nitrogens is 1. The normalized spacial score (nSPS) is 17.7. The zero-order valence-corrected chi connectivity index (χ0v) is 14.9. The van der Waals surface area contributed by atoms with E-state index in [1.807, 2.05) is 6.07 Å². The summed E-state index contributed by atoms with van der Waals surface area (Å²) in [6, 6.07) is 8.40. The van der Waals surface area contributed by atoms with Gasteiger partial charge in [0.15, 0.2) is 11.6 Å². The number of nitrogens with one attached hydrogen (secondary N) is 1. The Morgan fingerprint density at radius 2 is 2.27 bits per heavy atom. The van der Waals surface area contributed by atoms with Crippen LogP contribution in [0.25, 0.3) is 0 Å². The van der Waals surface area contributed by atoms with Gasteiger partial charge in [0.25, 0.3) is 0 Å². The highest BCUT2D eigenvalue weighted by Crippen LogP contribution is 2.26. The highest BCUT2D eigenvalue weighted by Gasteiger charge is 2.25. The summed E-state index contributed by atoms with van der Waals surface area (Å²) in [7, 11) is 1.60. The number of para-hydroxylation sites is 1. The van der Waals surface area contributed by atoms with Gasteiger partial charge in [-0.25, -0.2) is 9.37 Å². The summed E-state index contributed by atoms with van der Waals surface area (Å²) in [4.78, 5) is 18.1. The van der Waals surface area contributed by atoms with E-state index in [4.69, 9.17) is 9.47 Å². The van der Waals surface area contributed by atoms with Crippen LogP contribution in [0.15, 0.2) is 36.5 Å². The SMILES string of the molecule is CNC(=O)[C@@H]1CN(Cc2ccc(Oc3c(C)cccc3F)nc2)CCO1. The van der Waals surface area contributed by atoms with Crippen LogP contribution >= 0.6 is 0 Å². The Labute approximate surface area is 151 Å². The van der Waals surface area contributed by atoms with Crippen molar-refractivity contribution in [3.63, 3.8) is 0 Å². The standard InChI is InChI=1S/C19H22FN3O3/c1-13-4-3-5-15(20)18(13)26-17-7-6-14(10-22-17)11-23-8-9-25-16(12-23)19(24)21-2/h3-7,10,16H,8-9,11-12H2,1-2H3,(H,21,24)/t16-/m0/s1. The highest BCUT2D eigenvalue weighted by molar-refractivity contribution is 5.80. The van der Waals surface area contributed by atoms with E-state index in [-0.39, 0.29) is 11.7 Å². The molecule has 6 nitrogen and oxygen atoms in total. The van der Waals surface area contributed by atoms with E-state index in [1.54, 1.807) is 38.4 Å². The molecule has 1 aromatic heterocycles. The molecule has 7 heteroatoms. The summed E-state index contributed by atoms with van der Waals surface area (Å²) in [6.07, 6.45) is 1.25. The number of hydrogen-bond donors (Lipinski definition) is 1. The van der Waals surface area contributed by atoms with Crippen molar-refractivity contribution in [2.45, 2.75) is 19.6 Å². The van der Waals surface area contributed by atoms with Gasteiger partial charge in [0.2, 0.25) is 11.8 Å². The summed E-state index contributed by atoms with van der Waals surface area (Å²) in [5, 5.41) is 2.61. The third-order valence-electron chi connectivity index (χ3n) is 4.26. The third kappa shape index (κ3) is 4.36. The van der Waals surface area contributed by atoms with Crippen molar-refractivity contribution in [3.05, 3.63) is 53.5 Å². The number of benzene rings is 1. The van der Waals surface area contributed by atoms with Crippen molar-refractivity contribution in [1.29, 1.82) is 0 Å². The minimum Gasteiger partial charge on any atom is -0.436 e. The second-order valence-corrected chi connectivity index (χ2v) is 6.20. The minimum atomic E-state index is -0.451. The van der Waals surface area contributed by atoms with Crippen LogP contribution in [-0.2, 0) is 16.1 Å². The molecule has 0 bridgehead atoms. The number of hydrogen-bond acceptors (Lipinski definition) is 5. The van der Waals surface area contributed by atoms with Gasteiger partial charge in [-0.1, -0.05) is 18.2 Å². The highest BCUT2D eigenvalue weighted by atomic mass is 19.1. The van der Waals surface area contributed by atoms with Crippen molar-refractivity contribution in [2.75, 3.05) is 26.7 Å². The van der Waals surface area contributed by atoms with Crippen LogP contribution in [0.5, 0.6) is 11.6 Å². The molecule has 2 aromatic rings. The summed E-state index contributed by atoms with van der Waals surface area (Å²) < 4.78 is 24.9. The fraction of sp³-hybridized carbons (Fsp3) is 0.368. The predicted octanol–water partition coefficient (Wildman–Crippen LogP) is 2.27. The number of nitrogens with zero attached hydrogens (tertiary/aromatic N) is 2. The molecule has 0 radical (unpaired) electrons. The van der Waals surface area contributed by atoms with Crippen LogP contribution < -0.4 is 10.1 Å². The molecule has 1 saturated heterocycles. The molecule has 1 fully saturated rings. The lowest BCUT2D eigenvalue weighted by Crippen LogP contribution is -2.48. The van der Waals surface area contributed by atoms with Crippen LogP contribution in [0, 0.1) is 12.7 Å². The van der Waals surface area contributed by atoms with Gasteiger partial charge in [0.1, 0.15) is 6.10 Å². The summed E-state index contributed by atoms with van der Waals surface area (Å²) in [6.45, 7) is 4.24. The lowest BCUT2D eigenvalue weighted by Gasteiger charge is -2.31. The number of rotatable bonds is 5. The van der Waals surface area contributed by atoms with Gasteiger partial charge < -0.3 is 14.8 Å². The zero-order chi connectivity index (χ0) is 18.5. The van der Waals surface area contributed by atoms with Gasteiger partial charge in [-0.15, -0.1) is 0 Å². The van der Waals surface area contributed by atoms with Gasteiger partial charge in [0, 0.05) is 38.9 Å². The number of morpholine rings is 1. The van der Waals surface area contributed by atoms with Gasteiger partial charge >= 0.3 is 0 Å². The summed E-state index contributed by atoms with van der Waals surface area (Å²) >= 11 is 0. The van der Waals surface area contributed by atoms with Crippen LogP contribution in [0.3, 0.4) is 0 Å². The quantitative estimate of drug-likeness (QED) is 0.887. The largest absolute Gasteiger partial charge is 0.436 e. The monoisotopic (exact) mass is 359 g/mol. The first-order chi connectivity index (χ1) is 12.6. The van der Waals surface area contributed by atoms with Crippen LogP contribution in [0.1, 0.15) is 11.1 Å². The maximum Gasteiger partial charge on any atom is 0.250 e. The Morgan fingerprint density at radius 3 is 2.96 bits per heavy atom. The number of halogens is 1. The Balaban J connectivity index is 1.62. The van der Waals surface area contributed by atoms with E-state index in [0.29, 0.717) is 31.1 Å². The van der Waals surface area contributed by atoms with Crippen LogP contribution in [-0.4, -0.2) is 48.6 Å². The van der Waals surface area contributed by atoms with Crippen molar-refractivity contribution in [1.82, 2.24) is 15.2 Å². The molecule has 0 saturated carbocycles. The molecule has 26 heavy (non-hydrogen) atoms. The first-order valence-corrected chi connectivity index (χ1v) is 8.50. The van der Waals surface area contributed by atoms with E-state index in [0.717, 1.165) is 12.1 Å². The molecule has 2 heterocycles. The molecule has 138 valence electrons. The molecule has 1 aromatic carbocycles. The number of likely N-dealkylation sites (N-methyl/N-ethyl adjacent to an activating group) is 1. The number of amides is 1. The molecule has 1 N–H and O–H groups in total.